The maximum absolute atomic E-state index is 3.63. The molecule has 3 unspecified atom stereocenters. The molecule has 1 saturated heterocycles. The summed E-state index contributed by atoms with van der Waals surface area (Å²) in [5.74, 6) is 0.728. The van der Waals surface area contributed by atoms with Crippen LogP contribution in [0.1, 0.15) is 45.7 Å². The van der Waals surface area contributed by atoms with Gasteiger partial charge in [0.05, 0.1) is 0 Å². The number of nitrogens with one attached hydrogen (secondary N) is 1. The third-order valence-electron chi connectivity index (χ3n) is 3.91. The van der Waals surface area contributed by atoms with Crippen molar-refractivity contribution in [3.8, 4) is 0 Å². The largest absolute Gasteiger partial charge is 0.309 e. The fourth-order valence-corrected chi connectivity index (χ4v) is 3.24. The second kappa shape index (κ2) is 6.53. The Balaban J connectivity index is 2.17. The molecule has 0 bridgehead atoms. The zero-order chi connectivity index (χ0) is 13.8. The van der Waals surface area contributed by atoms with Crippen molar-refractivity contribution < 1.29 is 0 Å². The minimum Gasteiger partial charge on any atom is -0.309 e. The molecule has 1 heterocycles. The van der Waals surface area contributed by atoms with E-state index in [2.05, 4.69) is 68.2 Å². The van der Waals surface area contributed by atoms with Crippen LogP contribution in [0, 0.1) is 5.92 Å². The summed E-state index contributed by atoms with van der Waals surface area (Å²) >= 11 is 0. The van der Waals surface area contributed by atoms with Gasteiger partial charge in [0.15, 0.2) is 0 Å². The highest BCUT2D eigenvalue weighted by Crippen LogP contribution is 2.29. The monoisotopic (exact) mass is 260 g/mol. The topological polar surface area (TPSA) is 15.3 Å². The molecule has 0 aromatic heterocycles. The SMILES string of the molecule is CC(C)CC(c1ccccc1)N1CC(C)NC(C)C1. The predicted octanol–water partition coefficient (Wildman–Crippen LogP) is 3.46. The van der Waals surface area contributed by atoms with Crippen molar-refractivity contribution in [2.75, 3.05) is 13.1 Å². The first-order valence-corrected chi connectivity index (χ1v) is 7.61. The summed E-state index contributed by atoms with van der Waals surface area (Å²) in [5.41, 5.74) is 1.47. The lowest BCUT2D eigenvalue weighted by atomic mass is 9.94. The van der Waals surface area contributed by atoms with Gasteiger partial charge in [-0.3, -0.25) is 4.90 Å². The number of piperazine rings is 1. The van der Waals surface area contributed by atoms with E-state index in [4.69, 9.17) is 0 Å². The molecule has 106 valence electrons. The van der Waals surface area contributed by atoms with E-state index in [1.54, 1.807) is 0 Å². The van der Waals surface area contributed by atoms with E-state index in [0.29, 0.717) is 18.1 Å². The summed E-state index contributed by atoms with van der Waals surface area (Å²) in [6.45, 7) is 11.5. The molecule has 0 aliphatic carbocycles. The Morgan fingerprint density at radius 2 is 1.68 bits per heavy atom. The summed E-state index contributed by atoms with van der Waals surface area (Å²) in [6, 6.07) is 12.7. The van der Waals surface area contributed by atoms with Gasteiger partial charge in [0.25, 0.3) is 0 Å². The molecule has 19 heavy (non-hydrogen) atoms. The minimum absolute atomic E-state index is 0.563. The van der Waals surface area contributed by atoms with Gasteiger partial charge in [0.2, 0.25) is 0 Å². The number of nitrogens with zero attached hydrogens (tertiary/aromatic N) is 1. The maximum atomic E-state index is 3.63. The first-order chi connectivity index (χ1) is 9.06. The highest BCUT2D eigenvalue weighted by Gasteiger charge is 2.28. The number of hydrogen-bond acceptors (Lipinski definition) is 2. The molecule has 1 aliphatic heterocycles. The summed E-state index contributed by atoms with van der Waals surface area (Å²) in [7, 11) is 0. The zero-order valence-corrected chi connectivity index (χ0v) is 12.8. The van der Waals surface area contributed by atoms with Gasteiger partial charge < -0.3 is 5.32 Å². The van der Waals surface area contributed by atoms with E-state index in [9.17, 15) is 0 Å². The van der Waals surface area contributed by atoms with Crippen LogP contribution in [0.3, 0.4) is 0 Å². The second-order valence-electron chi connectivity index (χ2n) is 6.48. The first-order valence-electron chi connectivity index (χ1n) is 7.61. The van der Waals surface area contributed by atoms with Crippen molar-refractivity contribution in [1.29, 1.82) is 0 Å². The van der Waals surface area contributed by atoms with E-state index in [1.807, 2.05) is 0 Å². The molecule has 2 rings (SSSR count). The molecule has 3 atom stereocenters. The zero-order valence-electron chi connectivity index (χ0n) is 12.8. The van der Waals surface area contributed by atoms with Gasteiger partial charge >= 0.3 is 0 Å². The molecule has 1 aromatic carbocycles. The fourth-order valence-electron chi connectivity index (χ4n) is 3.24. The lowest BCUT2D eigenvalue weighted by Gasteiger charge is -2.41. The van der Waals surface area contributed by atoms with Crippen LogP contribution in [0.25, 0.3) is 0 Å². The molecule has 1 N–H and O–H groups in total. The van der Waals surface area contributed by atoms with E-state index in [-0.39, 0.29) is 0 Å². The Morgan fingerprint density at radius 1 is 1.11 bits per heavy atom. The van der Waals surface area contributed by atoms with E-state index >= 15 is 0 Å². The van der Waals surface area contributed by atoms with Crippen LogP contribution in [0.15, 0.2) is 30.3 Å². The van der Waals surface area contributed by atoms with Gasteiger partial charge in [0, 0.05) is 31.2 Å². The van der Waals surface area contributed by atoms with Crippen molar-refractivity contribution in [3.63, 3.8) is 0 Å². The highest BCUT2D eigenvalue weighted by atomic mass is 15.2. The Morgan fingerprint density at radius 3 is 2.21 bits per heavy atom. The van der Waals surface area contributed by atoms with Gasteiger partial charge in [-0.2, -0.15) is 0 Å². The molecular weight excluding hydrogens is 232 g/mol. The maximum Gasteiger partial charge on any atom is 0.0351 e. The molecular formula is C17H28N2. The van der Waals surface area contributed by atoms with Gasteiger partial charge in [0.1, 0.15) is 0 Å². The summed E-state index contributed by atoms with van der Waals surface area (Å²) in [6.07, 6.45) is 1.24. The van der Waals surface area contributed by atoms with E-state index in [0.717, 1.165) is 19.0 Å². The molecule has 0 spiro atoms. The first kappa shape index (κ1) is 14.5. The Kier molecular flexibility index (Phi) is 5.00. The van der Waals surface area contributed by atoms with Crippen LogP contribution in [0.2, 0.25) is 0 Å². The molecule has 1 fully saturated rings. The molecule has 0 amide bonds. The quantitative estimate of drug-likeness (QED) is 0.892. The third-order valence-corrected chi connectivity index (χ3v) is 3.91. The van der Waals surface area contributed by atoms with Crippen LogP contribution < -0.4 is 5.32 Å². The average Bonchev–Trinajstić information content (AvgIpc) is 2.35. The predicted molar refractivity (Wildman–Crippen MR) is 82.3 cm³/mol. The smallest absolute Gasteiger partial charge is 0.0351 e. The van der Waals surface area contributed by atoms with Gasteiger partial charge in [-0.15, -0.1) is 0 Å². The summed E-state index contributed by atoms with van der Waals surface area (Å²) in [4.78, 5) is 2.67. The number of hydrogen-bond donors (Lipinski definition) is 1. The van der Waals surface area contributed by atoms with Crippen LogP contribution >= 0.6 is 0 Å². The van der Waals surface area contributed by atoms with Crippen LogP contribution in [-0.4, -0.2) is 30.1 Å². The van der Waals surface area contributed by atoms with Gasteiger partial charge in [-0.1, -0.05) is 44.2 Å². The standard InChI is InChI=1S/C17H28N2/c1-13(2)10-17(16-8-6-5-7-9-16)19-11-14(3)18-15(4)12-19/h5-9,13-15,17-18H,10-12H2,1-4H3. The van der Waals surface area contributed by atoms with Crippen LogP contribution in [-0.2, 0) is 0 Å². The van der Waals surface area contributed by atoms with Crippen molar-refractivity contribution in [2.45, 2.75) is 52.2 Å². The van der Waals surface area contributed by atoms with E-state index < -0.39 is 0 Å². The van der Waals surface area contributed by atoms with Crippen molar-refractivity contribution >= 4 is 0 Å². The normalized spacial score (nSPS) is 26.6. The lowest BCUT2D eigenvalue weighted by Crippen LogP contribution is -2.55. The second-order valence-corrected chi connectivity index (χ2v) is 6.48. The number of rotatable bonds is 4. The molecule has 1 aliphatic rings. The molecule has 2 nitrogen and oxygen atoms in total. The van der Waals surface area contributed by atoms with Gasteiger partial charge in [-0.25, -0.2) is 0 Å². The van der Waals surface area contributed by atoms with Crippen molar-refractivity contribution in [1.82, 2.24) is 10.2 Å². The van der Waals surface area contributed by atoms with Crippen molar-refractivity contribution in [3.05, 3.63) is 35.9 Å². The van der Waals surface area contributed by atoms with Gasteiger partial charge in [-0.05, 0) is 31.7 Å². The molecule has 0 saturated carbocycles. The lowest BCUT2D eigenvalue weighted by molar-refractivity contribution is 0.109. The third kappa shape index (κ3) is 4.05. The minimum atomic E-state index is 0.563. The summed E-state index contributed by atoms with van der Waals surface area (Å²) < 4.78 is 0. The fraction of sp³-hybridized carbons (Fsp3) is 0.647. The Labute approximate surface area is 118 Å². The van der Waals surface area contributed by atoms with E-state index in [1.165, 1.54) is 12.0 Å². The molecule has 0 radical (unpaired) electrons. The molecule has 1 aromatic rings. The van der Waals surface area contributed by atoms with Crippen LogP contribution in [0.4, 0.5) is 0 Å². The van der Waals surface area contributed by atoms with Crippen LogP contribution in [0.5, 0.6) is 0 Å². The molecule has 2 heteroatoms. The Bertz CT molecular complexity index is 364. The number of benzene rings is 1. The summed E-state index contributed by atoms with van der Waals surface area (Å²) in [5, 5.41) is 3.63. The average molecular weight is 260 g/mol. The Hall–Kier alpha value is -0.860. The highest BCUT2D eigenvalue weighted by molar-refractivity contribution is 5.19. The van der Waals surface area contributed by atoms with Crippen molar-refractivity contribution in [2.24, 2.45) is 5.92 Å².